The number of hydrogen-bond acceptors (Lipinski definition) is 2. The van der Waals surface area contributed by atoms with Crippen molar-refractivity contribution in [2.24, 2.45) is 5.92 Å². The molecule has 0 radical (unpaired) electrons. The topological polar surface area (TPSA) is 57.5 Å². The Balaban J connectivity index is 2.89. The van der Waals surface area contributed by atoms with Crippen LogP contribution in [0.5, 0.6) is 5.75 Å². The third kappa shape index (κ3) is 5.70. The Labute approximate surface area is 134 Å². The lowest BCUT2D eigenvalue weighted by Gasteiger charge is -2.20. The summed E-state index contributed by atoms with van der Waals surface area (Å²) in [7, 11) is 0. The molecule has 0 fully saturated rings. The number of para-hydroxylation sites is 1. The number of rotatable bonds is 10. The lowest BCUT2D eigenvalue weighted by atomic mass is 9.86. The lowest BCUT2D eigenvalue weighted by molar-refractivity contribution is 0.0693. The number of carboxylic acids is 1. The Morgan fingerprint density at radius 1 is 1.09 bits per heavy atom. The SMILES string of the molecule is CCCCCC(CCCC(C)C)c1cccc(C(=O)O)c1O. The summed E-state index contributed by atoms with van der Waals surface area (Å²) in [5.74, 6) is -0.172. The maximum atomic E-state index is 11.2. The molecule has 0 aliphatic carbocycles. The molecule has 1 rings (SSSR count). The fraction of sp³-hybridized carbons (Fsp3) is 0.632. The second kappa shape index (κ2) is 9.50. The third-order valence-corrected chi connectivity index (χ3v) is 4.23. The molecule has 0 amide bonds. The predicted octanol–water partition coefficient (Wildman–Crippen LogP) is 5.58. The molecule has 0 bridgehead atoms. The smallest absolute Gasteiger partial charge is 0.339 e. The van der Waals surface area contributed by atoms with Crippen LogP contribution in [-0.4, -0.2) is 16.2 Å². The molecule has 3 nitrogen and oxygen atoms in total. The molecule has 0 heterocycles. The minimum absolute atomic E-state index is 0.0156. The van der Waals surface area contributed by atoms with Crippen molar-refractivity contribution in [2.45, 2.75) is 71.6 Å². The average molecular weight is 306 g/mol. The van der Waals surface area contributed by atoms with Crippen molar-refractivity contribution in [3.8, 4) is 5.75 Å². The van der Waals surface area contributed by atoms with Gasteiger partial charge in [0.05, 0.1) is 0 Å². The highest BCUT2D eigenvalue weighted by atomic mass is 16.4. The Kier molecular flexibility index (Phi) is 8.00. The second-order valence-corrected chi connectivity index (χ2v) is 6.57. The fourth-order valence-corrected chi connectivity index (χ4v) is 2.93. The first-order valence-electron chi connectivity index (χ1n) is 8.52. The van der Waals surface area contributed by atoms with E-state index in [1.165, 1.54) is 25.3 Å². The standard InChI is InChI=1S/C19H30O3/c1-4-5-6-10-15(11-7-9-14(2)3)16-12-8-13-17(18(16)20)19(21)22/h8,12-15,20H,4-7,9-11H2,1-3H3,(H,21,22). The van der Waals surface area contributed by atoms with Crippen molar-refractivity contribution in [2.75, 3.05) is 0 Å². The molecule has 1 aromatic carbocycles. The maximum absolute atomic E-state index is 11.2. The van der Waals surface area contributed by atoms with E-state index < -0.39 is 5.97 Å². The molecule has 0 spiro atoms. The van der Waals surface area contributed by atoms with Crippen LogP contribution in [0.25, 0.3) is 0 Å². The molecule has 22 heavy (non-hydrogen) atoms. The van der Waals surface area contributed by atoms with Crippen molar-refractivity contribution < 1.29 is 15.0 Å². The highest BCUT2D eigenvalue weighted by molar-refractivity contribution is 5.91. The summed E-state index contributed by atoms with van der Waals surface area (Å²) in [5, 5.41) is 19.5. The van der Waals surface area contributed by atoms with Gasteiger partial charge in [0.15, 0.2) is 0 Å². The number of carbonyl (C=O) groups is 1. The first-order chi connectivity index (χ1) is 10.5. The molecule has 0 aliphatic heterocycles. The Bertz CT molecular complexity index is 466. The van der Waals surface area contributed by atoms with Gasteiger partial charge in [-0.3, -0.25) is 0 Å². The van der Waals surface area contributed by atoms with Gasteiger partial charge in [-0.15, -0.1) is 0 Å². The molecular weight excluding hydrogens is 276 g/mol. The largest absolute Gasteiger partial charge is 0.507 e. The number of unbranched alkanes of at least 4 members (excludes halogenated alkanes) is 2. The quantitative estimate of drug-likeness (QED) is 0.555. The Hall–Kier alpha value is -1.51. The van der Waals surface area contributed by atoms with Crippen LogP contribution in [0.1, 0.15) is 87.6 Å². The van der Waals surface area contributed by atoms with Crippen molar-refractivity contribution in [1.29, 1.82) is 0 Å². The van der Waals surface area contributed by atoms with E-state index in [1.807, 2.05) is 6.07 Å². The zero-order chi connectivity index (χ0) is 16.5. The number of phenols is 1. The van der Waals surface area contributed by atoms with E-state index in [2.05, 4.69) is 20.8 Å². The number of carboxylic acid groups (broad SMARTS) is 1. The van der Waals surface area contributed by atoms with Gasteiger partial charge < -0.3 is 10.2 Å². The van der Waals surface area contributed by atoms with E-state index in [-0.39, 0.29) is 17.2 Å². The molecule has 1 unspecified atom stereocenters. The van der Waals surface area contributed by atoms with Gasteiger partial charge in [0.2, 0.25) is 0 Å². The third-order valence-electron chi connectivity index (χ3n) is 4.23. The zero-order valence-corrected chi connectivity index (χ0v) is 14.1. The van der Waals surface area contributed by atoms with Gasteiger partial charge in [-0.25, -0.2) is 4.79 Å². The van der Waals surface area contributed by atoms with E-state index in [0.29, 0.717) is 5.92 Å². The van der Waals surface area contributed by atoms with Gasteiger partial charge in [0.1, 0.15) is 11.3 Å². The van der Waals surface area contributed by atoms with Crippen LogP contribution >= 0.6 is 0 Å². The van der Waals surface area contributed by atoms with Gasteiger partial charge in [0, 0.05) is 0 Å². The first kappa shape index (κ1) is 18.5. The minimum Gasteiger partial charge on any atom is -0.507 e. The van der Waals surface area contributed by atoms with E-state index >= 15 is 0 Å². The van der Waals surface area contributed by atoms with Crippen LogP contribution < -0.4 is 0 Å². The number of aromatic carboxylic acids is 1. The summed E-state index contributed by atoms with van der Waals surface area (Å²) in [5.41, 5.74) is 0.821. The van der Waals surface area contributed by atoms with E-state index in [4.69, 9.17) is 0 Å². The van der Waals surface area contributed by atoms with Crippen molar-refractivity contribution in [3.63, 3.8) is 0 Å². The van der Waals surface area contributed by atoms with E-state index in [9.17, 15) is 15.0 Å². The van der Waals surface area contributed by atoms with Crippen molar-refractivity contribution >= 4 is 5.97 Å². The molecule has 0 saturated carbocycles. The van der Waals surface area contributed by atoms with Crippen LogP contribution in [0.3, 0.4) is 0 Å². The summed E-state index contributed by atoms with van der Waals surface area (Å²) in [6.45, 7) is 6.61. The zero-order valence-electron chi connectivity index (χ0n) is 14.1. The van der Waals surface area contributed by atoms with Crippen molar-refractivity contribution in [1.82, 2.24) is 0 Å². The van der Waals surface area contributed by atoms with Gasteiger partial charge in [-0.1, -0.05) is 65.0 Å². The molecule has 0 aromatic heterocycles. The van der Waals surface area contributed by atoms with Gasteiger partial charge in [-0.2, -0.15) is 0 Å². The van der Waals surface area contributed by atoms with Crippen LogP contribution in [-0.2, 0) is 0 Å². The maximum Gasteiger partial charge on any atom is 0.339 e. The Morgan fingerprint density at radius 3 is 2.36 bits per heavy atom. The minimum atomic E-state index is -1.06. The summed E-state index contributed by atoms with van der Waals surface area (Å²) in [6, 6.07) is 5.10. The highest BCUT2D eigenvalue weighted by Crippen LogP contribution is 2.36. The first-order valence-corrected chi connectivity index (χ1v) is 8.52. The lowest BCUT2D eigenvalue weighted by Crippen LogP contribution is -2.05. The summed E-state index contributed by atoms with van der Waals surface area (Å²) < 4.78 is 0. The van der Waals surface area contributed by atoms with Crippen LogP contribution in [0.4, 0.5) is 0 Å². The summed E-state index contributed by atoms with van der Waals surface area (Å²) in [6.07, 6.45) is 7.79. The normalized spacial score (nSPS) is 12.5. The monoisotopic (exact) mass is 306 g/mol. The highest BCUT2D eigenvalue weighted by Gasteiger charge is 2.19. The predicted molar refractivity (Wildman–Crippen MR) is 90.6 cm³/mol. The van der Waals surface area contributed by atoms with Gasteiger partial charge in [-0.05, 0) is 36.3 Å². The molecule has 0 aliphatic rings. The molecular formula is C19H30O3. The van der Waals surface area contributed by atoms with E-state index in [1.54, 1.807) is 6.07 Å². The van der Waals surface area contributed by atoms with Crippen LogP contribution in [0.2, 0.25) is 0 Å². The second-order valence-electron chi connectivity index (χ2n) is 6.57. The van der Waals surface area contributed by atoms with Gasteiger partial charge >= 0.3 is 5.97 Å². The molecule has 3 heteroatoms. The summed E-state index contributed by atoms with van der Waals surface area (Å²) in [4.78, 5) is 11.2. The summed E-state index contributed by atoms with van der Waals surface area (Å²) >= 11 is 0. The average Bonchev–Trinajstić information content (AvgIpc) is 2.45. The van der Waals surface area contributed by atoms with E-state index in [0.717, 1.165) is 31.2 Å². The fourth-order valence-electron chi connectivity index (χ4n) is 2.93. The Morgan fingerprint density at radius 2 is 1.77 bits per heavy atom. The number of aromatic hydroxyl groups is 1. The molecule has 1 aromatic rings. The molecule has 2 N–H and O–H groups in total. The van der Waals surface area contributed by atoms with Crippen LogP contribution in [0.15, 0.2) is 18.2 Å². The molecule has 0 saturated heterocycles. The van der Waals surface area contributed by atoms with Crippen molar-refractivity contribution in [3.05, 3.63) is 29.3 Å². The number of benzene rings is 1. The van der Waals surface area contributed by atoms with Crippen LogP contribution in [0, 0.1) is 5.92 Å². The molecule has 124 valence electrons. The van der Waals surface area contributed by atoms with Gasteiger partial charge in [0.25, 0.3) is 0 Å². The number of hydrogen-bond donors (Lipinski definition) is 2. The molecule has 1 atom stereocenters.